The molecule has 2 heteroatoms. The van der Waals surface area contributed by atoms with E-state index >= 15 is 0 Å². The maximum atomic E-state index is 5.65. The van der Waals surface area contributed by atoms with Gasteiger partial charge in [0.1, 0.15) is 0 Å². The lowest BCUT2D eigenvalue weighted by molar-refractivity contribution is 0.686. The lowest BCUT2D eigenvalue weighted by Gasteiger charge is -2.15. The van der Waals surface area contributed by atoms with Crippen molar-refractivity contribution in [3.05, 3.63) is 41.9 Å². The molecule has 0 spiro atoms. The van der Waals surface area contributed by atoms with Crippen molar-refractivity contribution in [1.29, 1.82) is 0 Å². The Bertz CT molecular complexity index is 221. The standard InChI is InChI=1S/C11H17N2/c1-2-8-13-11(9-12)10-6-4-3-5-7-10/h3-7,13H,2,8-9,12H2,1H3. The zero-order chi connectivity index (χ0) is 9.52. The summed E-state index contributed by atoms with van der Waals surface area (Å²) in [6, 6.07) is 11.3. The molecule has 0 saturated carbocycles. The van der Waals surface area contributed by atoms with E-state index in [1.807, 2.05) is 18.2 Å². The smallest absolute Gasteiger partial charge is 0.0798 e. The number of hydrogen-bond acceptors (Lipinski definition) is 2. The summed E-state index contributed by atoms with van der Waals surface area (Å²) in [6.45, 7) is 3.71. The highest BCUT2D eigenvalue weighted by molar-refractivity contribution is 5.29. The first-order valence-electron chi connectivity index (χ1n) is 4.73. The second-order valence-corrected chi connectivity index (χ2v) is 2.98. The second-order valence-electron chi connectivity index (χ2n) is 2.98. The fraction of sp³-hybridized carbons (Fsp3) is 0.364. The van der Waals surface area contributed by atoms with Crippen molar-refractivity contribution < 1.29 is 0 Å². The van der Waals surface area contributed by atoms with E-state index in [2.05, 4.69) is 24.4 Å². The van der Waals surface area contributed by atoms with Gasteiger partial charge in [0, 0.05) is 6.54 Å². The molecule has 1 aromatic carbocycles. The monoisotopic (exact) mass is 177 g/mol. The zero-order valence-corrected chi connectivity index (χ0v) is 8.09. The Labute approximate surface area is 80.1 Å². The molecular formula is C11H17N2. The molecule has 13 heavy (non-hydrogen) atoms. The van der Waals surface area contributed by atoms with Gasteiger partial charge in [-0.25, -0.2) is 0 Å². The summed E-state index contributed by atoms with van der Waals surface area (Å²) in [6.07, 6.45) is 1.12. The third-order valence-corrected chi connectivity index (χ3v) is 1.91. The first-order chi connectivity index (χ1) is 6.38. The van der Waals surface area contributed by atoms with Crippen molar-refractivity contribution in [3.8, 4) is 0 Å². The van der Waals surface area contributed by atoms with Crippen LogP contribution in [0.25, 0.3) is 0 Å². The molecule has 0 unspecified atom stereocenters. The van der Waals surface area contributed by atoms with Crippen molar-refractivity contribution in [1.82, 2.24) is 5.32 Å². The van der Waals surface area contributed by atoms with Gasteiger partial charge in [0.25, 0.3) is 0 Å². The lowest BCUT2D eigenvalue weighted by Crippen LogP contribution is -2.29. The highest BCUT2D eigenvalue weighted by Crippen LogP contribution is 2.09. The average Bonchev–Trinajstić information content (AvgIpc) is 2.21. The molecule has 1 aromatic rings. The van der Waals surface area contributed by atoms with E-state index in [1.165, 1.54) is 5.56 Å². The van der Waals surface area contributed by atoms with Crippen LogP contribution in [0.15, 0.2) is 30.3 Å². The van der Waals surface area contributed by atoms with Crippen molar-refractivity contribution >= 4 is 0 Å². The number of nitrogens with two attached hydrogens (primary N) is 1. The Morgan fingerprint density at radius 3 is 2.54 bits per heavy atom. The van der Waals surface area contributed by atoms with Gasteiger partial charge in [-0.1, -0.05) is 37.3 Å². The van der Waals surface area contributed by atoms with Crippen LogP contribution in [-0.4, -0.2) is 13.1 Å². The number of benzene rings is 1. The molecule has 0 aliphatic heterocycles. The molecule has 0 atom stereocenters. The molecule has 1 radical (unpaired) electrons. The topological polar surface area (TPSA) is 38.0 Å². The van der Waals surface area contributed by atoms with Crippen LogP contribution in [0.3, 0.4) is 0 Å². The van der Waals surface area contributed by atoms with Crippen LogP contribution in [0.5, 0.6) is 0 Å². The van der Waals surface area contributed by atoms with E-state index in [9.17, 15) is 0 Å². The molecule has 0 heterocycles. The van der Waals surface area contributed by atoms with Crippen LogP contribution in [0, 0.1) is 6.04 Å². The van der Waals surface area contributed by atoms with Gasteiger partial charge in [0.2, 0.25) is 0 Å². The molecule has 3 N–H and O–H groups in total. The first kappa shape index (κ1) is 10.2. The van der Waals surface area contributed by atoms with Crippen molar-refractivity contribution in [2.24, 2.45) is 5.73 Å². The van der Waals surface area contributed by atoms with Crippen LogP contribution in [-0.2, 0) is 0 Å². The second kappa shape index (κ2) is 5.73. The largest absolute Gasteiger partial charge is 0.328 e. The molecule has 0 amide bonds. The zero-order valence-electron chi connectivity index (χ0n) is 8.09. The molecule has 1 rings (SSSR count). The maximum absolute atomic E-state index is 5.65. The summed E-state index contributed by atoms with van der Waals surface area (Å²) < 4.78 is 0. The third kappa shape index (κ3) is 3.17. The fourth-order valence-electron chi connectivity index (χ4n) is 1.21. The summed E-state index contributed by atoms with van der Waals surface area (Å²) in [5, 5.41) is 3.33. The van der Waals surface area contributed by atoms with E-state index < -0.39 is 0 Å². The van der Waals surface area contributed by atoms with Crippen LogP contribution in [0.4, 0.5) is 0 Å². The predicted molar refractivity (Wildman–Crippen MR) is 56.1 cm³/mol. The molecule has 71 valence electrons. The fourth-order valence-corrected chi connectivity index (χ4v) is 1.21. The van der Waals surface area contributed by atoms with Gasteiger partial charge in [0.15, 0.2) is 0 Å². The minimum Gasteiger partial charge on any atom is -0.328 e. The number of nitrogens with one attached hydrogen (secondary N) is 1. The van der Waals surface area contributed by atoms with Gasteiger partial charge in [-0.3, -0.25) is 0 Å². The van der Waals surface area contributed by atoms with Gasteiger partial charge in [-0.2, -0.15) is 0 Å². The molecule has 0 bridgehead atoms. The molecule has 0 aliphatic rings. The first-order valence-corrected chi connectivity index (χ1v) is 4.73. The molecular weight excluding hydrogens is 160 g/mol. The molecule has 0 fully saturated rings. The maximum Gasteiger partial charge on any atom is 0.0798 e. The SMILES string of the molecule is CCCN[C](CN)c1ccccc1. The summed E-state index contributed by atoms with van der Waals surface area (Å²) in [4.78, 5) is 0. The van der Waals surface area contributed by atoms with E-state index in [4.69, 9.17) is 5.73 Å². The summed E-state index contributed by atoms with van der Waals surface area (Å²) in [7, 11) is 0. The Hall–Kier alpha value is -0.860. The van der Waals surface area contributed by atoms with Crippen LogP contribution in [0.1, 0.15) is 18.9 Å². The Balaban J connectivity index is 2.56. The van der Waals surface area contributed by atoms with E-state index in [1.54, 1.807) is 0 Å². The van der Waals surface area contributed by atoms with E-state index in [-0.39, 0.29) is 0 Å². The number of hydrogen-bond donors (Lipinski definition) is 2. The van der Waals surface area contributed by atoms with Gasteiger partial charge < -0.3 is 11.1 Å². The van der Waals surface area contributed by atoms with Gasteiger partial charge in [-0.05, 0) is 18.5 Å². The van der Waals surface area contributed by atoms with Crippen molar-refractivity contribution in [2.45, 2.75) is 13.3 Å². The van der Waals surface area contributed by atoms with Crippen molar-refractivity contribution in [3.63, 3.8) is 0 Å². The molecule has 2 nitrogen and oxygen atoms in total. The highest BCUT2D eigenvalue weighted by atomic mass is 14.9. The average molecular weight is 177 g/mol. The quantitative estimate of drug-likeness (QED) is 0.715. The Morgan fingerprint density at radius 2 is 2.00 bits per heavy atom. The van der Waals surface area contributed by atoms with E-state index in [0.717, 1.165) is 19.0 Å². The lowest BCUT2D eigenvalue weighted by atomic mass is 10.1. The normalized spacial score (nSPS) is 10.7. The van der Waals surface area contributed by atoms with Crippen LogP contribution in [0.2, 0.25) is 0 Å². The number of rotatable bonds is 5. The summed E-state index contributed by atoms with van der Waals surface area (Å²) in [5.41, 5.74) is 6.84. The highest BCUT2D eigenvalue weighted by Gasteiger charge is 2.07. The van der Waals surface area contributed by atoms with Gasteiger partial charge in [0.05, 0.1) is 6.04 Å². The van der Waals surface area contributed by atoms with Crippen LogP contribution < -0.4 is 11.1 Å². The summed E-state index contributed by atoms with van der Waals surface area (Å²) >= 11 is 0. The Kier molecular flexibility index (Phi) is 4.50. The molecule has 0 aliphatic carbocycles. The minimum absolute atomic E-state index is 0.573. The van der Waals surface area contributed by atoms with Crippen LogP contribution >= 0.6 is 0 Å². The Morgan fingerprint density at radius 1 is 1.31 bits per heavy atom. The van der Waals surface area contributed by atoms with E-state index in [0.29, 0.717) is 6.54 Å². The molecule has 0 aromatic heterocycles. The van der Waals surface area contributed by atoms with Crippen molar-refractivity contribution in [2.75, 3.05) is 13.1 Å². The minimum atomic E-state index is 0.573. The summed E-state index contributed by atoms with van der Waals surface area (Å²) in [5.74, 6) is 0. The third-order valence-electron chi connectivity index (χ3n) is 1.91. The van der Waals surface area contributed by atoms with Gasteiger partial charge in [-0.15, -0.1) is 0 Å². The molecule has 0 saturated heterocycles. The van der Waals surface area contributed by atoms with Gasteiger partial charge >= 0.3 is 0 Å². The predicted octanol–water partition coefficient (Wildman–Crippen LogP) is 1.52.